The van der Waals surface area contributed by atoms with E-state index < -0.39 is 6.10 Å². The number of nitrogens with one attached hydrogen (secondary N) is 2. The van der Waals surface area contributed by atoms with Gasteiger partial charge in [-0.3, -0.25) is 4.68 Å². The molecular formula is C20H20N4O2. The number of nitrogens with zero attached hydrogens (tertiary/aromatic N) is 2. The minimum absolute atomic E-state index is 0.119. The van der Waals surface area contributed by atoms with Gasteiger partial charge >= 0.3 is 6.03 Å². The maximum Gasteiger partial charge on any atom is 0.319 e. The van der Waals surface area contributed by atoms with Crippen LogP contribution in [0.5, 0.6) is 0 Å². The van der Waals surface area contributed by atoms with E-state index in [9.17, 15) is 9.90 Å². The van der Waals surface area contributed by atoms with Crippen LogP contribution < -0.4 is 10.6 Å². The van der Waals surface area contributed by atoms with Gasteiger partial charge in [0.15, 0.2) is 0 Å². The summed E-state index contributed by atoms with van der Waals surface area (Å²) in [7, 11) is 1.78. The van der Waals surface area contributed by atoms with Crippen molar-refractivity contribution >= 4 is 11.7 Å². The molecule has 0 bridgehead atoms. The van der Waals surface area contributed by atoms with Crippen LogP contribution in [0.25, 0.3) is 11.1 Å². The van der Waals surface area contributed by atoms with Crippen molar-refractivity contribution in [1.82, 2.24) is 15.1 Å². The Morgan fingerprint density at radius 1 is 1.23 bits per heavy atom. The summed E-state index contributed by atoms with van der Waals surface area (Å²) in [6, 6.07) is 14.0. The Labute approximate surface area is 151 Å². The van der Waals surface area contributed by atoms with Gasteiger partial charge in [0.05, 0.1) is 12.3 Å². The summed E-state index contributed by atoms with van der Waals surface area (Å²) in [5, 5.41) is 19.6. The summed E-state index contributed by atoms with van der Waals surface area (Å²) in [4.78, 5) is 12.1. The number of aliphatic hydroxyl groups is 1. The Bertz CT molecular complexity index is 964. The van der Waals surface area contributed by atoms with Crippen LogP contribution in [0.2, 0.25) is 0 Å². The first-order valence-electron chi connectivity index (χ1n) is 8.53. The van der Waals surface area contributed by atoms with Gasteiger partial charge in [0.1, 0.15) is 0 Å². The van der Waals surface area contributed by atoms with E-state index in [1.54, 1.807) is 24.1 Å². The average Bonchev–Trinajstić information content (AvgIpc) is 3.22. The Hall–Kier alpha value is -3.12. The van der Waals surface area contributed by atoms with Gasteiger partial charge in [-0.25, -0.2) is 4.79 Å². The second-order valence-electron chi connectivity index (χ2n) is 6.50. The summed E-state index contributed by atoms with van der Waals surface area (Å²) in [5.74, 6) is 0. The van der Waals surface area contributed by atoms with Gasteiger partial charge < -0.3 is 15.7 Å². The lowest BCUT2D eigenvalue weighted by molar-refractivity contribution is 0.175. The lowest BCUT2D eigenvalue weighted by Crippen LogP contribution is -2.32. The van der Waals surface area contributed by atoms with E-state index in [0.717, 1.165) is 12.1 Å². The van der Waals surface area contributed by atoms with Crippen molar-refractivity contribution in [1.29, 1.82) is 0 Å². The molecule has 2 aromatic carbocycles. The Morgan fingerprint density at radius 3 is 2.85 bits per heavy atom. The summed E-state index contributed by atoms with van der Waals surface area (Å²) < 4.78 is 1.61. The van der Waals surface area contributed by atoms with E-state index in [-0.39, 0.29) is 12.6 Å². The molecule has 1 aliphatic rings. The monoisotopic (exact) mass is 348 g/mol. The van der Waals surface area contributed by atoms with Crippen molar-refractivity contribution in [2.45, 2.75) is 12.5 Å². The molecule has 6 nitrogen and oxygen atoms in total. The van der Waals surface area contributed by atoms with Gasteiger partial charge in [-0.2, -0.15) is 5.10 Å². The molecule has 0 unspecified atom stereocenters. The summed E-state index contributed by atoms with van der Waals surface area (Å²) >= 11 is 0. The number of rotatable bonds is 4. The topological polar surface area (TPSA) is 79.2 Å². The molecule has 0 fully saturated rings. The first-order valence-corrected chi connectivity index (χ1v) is 8.53. The molecule has 1 atom stereocenters. The van der Waals surface area contributed by atoms with Crippen molar-refractivity contribution in [3.63, 3.8) is 0 Å². The summed E-state index contributed by atoms with van der Waals surface area (Å²) in [5.41, 5.74) is 6.41. The SMILES string of the molecule is Cn1cc([C@H](O)CNC(=O)Nc2ccc3c(c2)Cc2ccccc2-3)cn1. The van der Waals surface area contributed by atoms with Crippen LogP contribution >= 0.6 is 0 Å². The molecule has 0 spiro atoms. The molecule has 0 aliphatic heterocycles. The second-order valence-corrected chi connectivity index (χ2v) is 6.50. The Balaban J connectivity index is 1.37. The fraction of sp³-hybridized carbons (Fsp3) is 0.200. The minimum Gasteiger partial charge on any atom is -0.386 e. The number of amides is 2. The zero-order valence-electron chi connectivity index (χ0n) is 14.4. The van der Waals surface area contributed by atoms with E-state index in [0.29, 0.717) is 5.56 Å². The molecule has 132 valence electrons. The Morgan fingerprint density at radius 2 is 2.04 bits per heavy atom. The van der Waals surface area contributed by atoms with E-state index in [2.05, 4.69) is 27.9 Å². The van der Waals surface area contributed by atoms with Gasteiger partial charge in [-0.05, 0) is 40.8 Å². The molecule has 6 heteroatoms. The number of hydrogen-bond donors (Lipinski definition) is 3. The van der Waals surface area contributed by atoms with Gasteiger partial charge in [-0.1, -0.05) is 30.3 Å². The standard InChI is InChI=1S/C20H20N4O2/c1-24-12-15(10-22-24)19(25)11-21-20(26)23-16-6-7-18-14(9-16)8-13-4-2-3-5-17(13)18/h2-7,9-10,12,19,25H,8,11H2,1H3,(H2,21,23,26)/t19-/m1/s1. The largest absolute Gasteiger partial charge is 0.386 e. The van der Waals surface area contributed by atoms with E-state index in [1.807, 2.05) is 30.3 Å². The van der Waals surface area contributed by atoms with Crippen molar-refractivity contribution in [3.05, 3.63) is 71.5 Å². The lowest BCUT2D eigenvalue weighted by atomic mass is 10.1. The predicted octanol–water partition coefficient (Wildman–Crippen LogP) is 2.85. The highest BCUT2D eigenvalue weighted by Gasteiger charge is 2.18. The summed E-state index contributed by atoms with van der Waals surface area (Å²) in [6.07, 6.45) is 3.40. The highest BCUT2D eigenvalue weighted by atomic mass is 16.3. The fourth-order valence-corrected chi connectivity index (χ4v) is 3.32. The molecule has 0 radical (unpaired) electrons. The number of carbonyl (C=O) groups is 1. The van der Waals surface area contributed by atoms with Crippen molar-refractivity contribution in [2.24, 2.45) is 7.05 Å². The molecule has 0 saturated heterocycles. The zero-order chi connectivity index (χ0) is 18.1. The number of fused-ring (bicyclic) bond motifs is 3. The highest BCUT2D eigenvalue weighted by Crippen LogP contribution is 2.37. The third-order valence-electron chi connectivity index (χ3n) is 4.62. The number of aryl methyl sites for hydroxylation is 1. The van der Waals surface area contributed by atoms with Crippen LogP contribution in [0.3, 0.4) is 0 Å². The maximum absolute atomic E-state index is 12.1. The fourth-order valence-electron chi connectivity index (χ4n) is 3.32. The smallest absolute Gasteiger partial charge is 0.319 e. The number of aliphatic hydroxyl groups excluding tert-OH is 1. The molecule has 3 N–H and O–H groups in total. The zero-order valence-corrected chi connectivity index (χ0v) is 14.4. The normalized spacial score (nSPS) is 13.0. The molecule has 3 aromatic rings. The summed E-state index contributed by atoms with van der Waals surface area (Å²) in [6.45, 7) is 0.119. The van der Waals surface area contributed by atoms with Crippen molar-refractivity contribution in [2.75, 3.05) is 11.9 Å². The number of aromatic nitrogens is 2. The molecule has 0 saturated carbocycles. The van der Waals surface area contributed by atoms with E-state index in [1.165, 1.54) is 22.3 Å². The molecular weight excluding hydrogens is 328 g/mol. The third-order valence-corrected chi connectivity index (χ3v) is 4.62. The van der Waals surface area contributed by atoms with Crippen LogP contribution in [-0.2, 0) is 13.5 Å². The Kier molecular flexibility index (Phi) is 4.18. The van der Waals surface area contributed by atoms with Crippen molar-refractivity contribution < 1.29 is 9.90 Å². The quantitative estimate of drug-likeness (QED) is 0.531. The molecule has 1 aromatic heterocycles. The lowest BCUT2D eigenvalue weighted by Gasteiger charge is -2.12. The molecule has 4 rings (SSSR count). The van der Waals surface area contributed by atoms with Crippen LogP contribution in [0, 0.1) is 0 Å². The van der Waals surface area contributed by atoms with Gasteiger partial charge in [0.25, 0.3) is 0 Å². The number of anilines is 1. The van der Waals surface area contributed by atoms with E-state index in [4.69, 9.17) is 0 Å². The second kappa shape index (κ2) is 6.65. The minimum atomic E-state index is -0.788. The highest BCUT2D eigenvalue weighted by molar-refractivity contribution is 5.90. The maximum atomic E-state index is 12.1. The van der Waals surface area contributed by atoms with Crippen LogP contribution in [0.15, 0.2) is 54.9 Å². The molecule has 1 heterocycles. The van der Waals surface area contributed by atoms with Gasteiger partial charge in [-0.15, -0.1) is 0 Å². The number of benzene rings is 2. The van der Waals surface area contributed by atoms with Gasteiger partial charge in [0, 0.05) is 31.0 Å². The molecule has 2 amide bonds. The molecule has 1 aliphatic carbocycles. The van der Waals surface area contributed by atoms with Crippen LogP contribution in [-0.4, -0.2) is 27.5 Å². The third kappa shape index (κ3) is 3.19. The number of hydrogen-bond acceptors (Lipinski definition) is 3. The number of carbonyl (C=O) groups excluding carboxylic acids is 1. The molecule has 26 heavy (non-hydrogen) atoms. The van der Waals surface area contributed by atoms with Crippen molar-refractivity contribution in [3.8, 4) is 11.1 Å². The van der Waals surface area contributed by atoms with Crippen LogP contribution in [0.4, 0.5) is 10.5 Å². The van der Waals surface area contributed by atoms with Crippen LogP contribution in [0.1, 0.15) is 22.8 Å². The first kappa shape index (κ1) is 16.4. The average molecular weight is 348 g/mol. The first-order chi connectivity index (χ1) is 12.6. The predicted molar refractivity (Wildman–Crippen MR) is 99.9 cm³/mol. The van der Waals surface area contributed by atoms with E-state index >= 15 is 0 Å². The number of urea groups is 1. The van der Waals surface area contributed by atoms with Gasteiger partial charge in [0.2, 0.25) is 0 Å².